The lowest BCUT2D eigenvalue weighted by Crippen LogP contribution is -2.19. The van der Waals surface area contributed by atoms with Crippen molar-refractivity contribution in [3.63, 3.8) is 0 Å². The minimum absolute atomic E-state index is 0.425. The molecule has 0 amide bonds. The van der Waals surface area contributed by atoms with E-state index >= 15 is 0 Å². The van der Waals surface area contributed by atoms with Crippen LogP contribution in [0.3, 0.4) is 0 Å². The van der Waals surface area contributed by atoms with E-state index in [0.29, 0.717) is 6.04 Å². The molecular weight excluding hydrogens is 342 g/mol. The molecule has 0 radical (unpaired) electrons. The molecule has 1 N–H and O–H groups in total. The second-order valence-electron chi connectivity index (χ2n) is 5.16. The van der Waals surface area contributed by atoms with Crippen LogP contribution in [0.4, 0.5) is 0 Å². The minimum Gasteiger partial charge on any atom is -0.310 e. The van der Waals surface area contributed by atoms with Crippen LogP contribution in [0.1, 0.15) is 37.4 Å². The third-order valence-electron chi connectivity index (χ3n) is 3.38. The van der Waals surface area contributed by atoms with Gasteiger partial charge in [0.2, 0.25) is 0 Å². The molecule has 0 aromatic heterocycles. The maximum atomic E-state index is 3.52. The Bertz CT molecular complexity index is 553. The number of hydrogen-bond acceptors (Lipinski definition) is 2. The fourth-order valence-electron chi connectivity index (χ4n) is 2.12. The number of thioether (sulfide) groups is 1. The van der Waals surface area contributed by atoms with Gasteiger partial charge in [-0.3, -0.25) is 0 Å². The summed E-state index contributed by atoms with van der Waals surface area (Å²) in [7, 11) is 0. The summed E-state index contributed by atoms with van der Waals surface area (Å²) in [5.41, 5.74) is 2.70. The van der Waals surface area contributed by atoms with Gasteiger partial charge in [-0.2, -0.15) is 0 Å². The van der Waals surface area contributed by atoms with Crippen LogP contribution in [-0.4, -0.2) is 6.54 Å². The molecule has 1 atom stereocenters. The first-order valence-electron chi connectivity index (χ1n) is 7.39. The molecule has 2 aromatic carbocycles. The van der Waals surface area contributed by atoms with E-state index in [9.17, 15) is 0 Å². The lowest BCUT2D eigenvalue weighted by atomic mass is 10.1. The maximum Gasteiger partial charge on any atom is 0.0291 e. The molecule has 1 nitrogen and oxygen atoms in total. The molecule has 21 heavy (non-hydrogen) atoms. The van der Waals surface area contributed by atoms with E-state index in [1.54, 1.807) is 0 Å². The van der Waals surface area contributed by atoms with Crippen molar-refractivity contribution in [2.45, 2.75) is 37.0 Å². The van der Waals surface area contributed by atoms with E-state index in [0.717, 1.165) is 16.8 Å². The van der Waals surface area contributed by atoms with E-state index < -0.39 is 0 Å². The highest BCUT2D eigenvalue weighted by atomic mass is 79.9. The standard InChI is InChI=1S/C18H22BrNS/c1-3-11-20-14(2)16-7-9-18(10-8-16)21-13-15-5-4-6-17(19)12-15/h4-10,12,14,20H,3,11,13H2,1-2H3. The molecule has 0 fully saturated rings. The number of halogens is 1. The molecule has 2 aromatic rings. The highest BCUT2D eigenvalue weighted by molar-refractivity contribution is 9.10. The Balaban J connectivity index is 1.90. The van der Waals surface area contributed by atoms with Crippen LogP contribution in [0, 0.1) is 0 Å². The summed E-state index contributed by atoms with van der Waals surface area (Å²) in [5.74, 6) is 1.00. The minimum atomic E-state index is 0.425. The van der Waals surface area contributed by atoms with Gasteiger partial charge in [-0.15, -0.1) is 11.8 Å². The summed E-state index contributed by atoms with van der Waals surface area (Å²) in [5, 5.41) is 3.52. The summed E-state index contributed by atoms with van der Waals surface area (Å²) < 4.78 is 1.15. The fraction of sp³-hybridized carbons (Fsp3) is 0.333. The molecule has 0 aliphatic carbocycles. The zero-order chi connectivity index (χ0) is 15.1. The summed E-state index contributed by atoms with van der Waals surface area (Å²) in [6.45, 7) is 5.49. The highest BCUT2D eigenvalue weighted by Gasteiger charge is 2.04. The van der Waals surface area contributed by atoms with Crippen molar-refractivity contribution in [2.24, 2.45) is 0 Å². The van der Waals surface area contributed by atoms with Crippen LogP contribution >= 0.6 is 27.7 Å². The van der Waals surface area contributed by atoms with Crippen LogP contribution in [-0.2, 0) is 5.75 Å². The number of benzene rings is 2. The Labute approximate surface area is 140 Å². The van der Waals surface area contributed by atoms with Crippen molar-refractivity contribution >= 4 is 27.7 Å². The van der Waals surface area contributed by atoms with Crippen molar-refractivity contribution in [3.05, 3.63) is 64.1 Å². The zero-order valence-corrected chi connectivity index (χ0v) is 15.0. The van der Waals surface area contributed by atoms with Crippen molar-refractivity contribution < 1.29 is 0 Å². The molecular formula is C18H22BrNS. The molecule has 112 valence electrons. The molecule has 0 heterocycles. The van der Waals surface area contributed by atoms with E-state index in [-0.39, 0.29) is 0 Å². The maximum absolute atomic E-state index is 3.52. The van der Waals surface area contributed by atoms with Crippen LogP contribution in [0.5, 0.6) is 0 Å². The third kappa shape index (κ3) is 5.50. The molecule has 0 saturated heterocycles. The van der Waals surface area contributed by atoms with Gasteiger partial charge in [0.25, 0.3) is 0 Å². The van der Waals surface area contributed by atoms with Crippen molar-refractivity contribution in [1.29, 1.82) is 0 Å². The Morgan fingerprint density at radius 2 is 1.90 bits per heavy atom. The molecule has 1 unspecified atom stereocenters. The molecule has 0 saturated carbocycles. The van der Waals surface area contributed by atoms with Gasteiger partial charge >= 0.3 is 0 Å². The van der Waals surface area contributed by atoms with Gasteiger partial charge < -0.3 is 5.32 Å². The van der Waals surface area contributed by atoms with E-state index in [4.69, 9.17) is 0 Å². The molecule has 0 bridgehead atoms. The Kier molecular flexibility index (Phi) is 6.81. The van der Waals surface area contributed by atoms with Crippen molar-refractivity contribution in [3.8, 4) is 0 Å². The Morgan fingerprint density at radius 1 is 1.14 bits per heavy atom. The average molecular weight is 364 g/mol. The van der Waals surface area contributed by atoms with Gasteiger partial charge in [-0.05, 0) is 55.3 Å². The summed E-state index contributed by atoms with van der Waals surface area (Å²) in [6, 6.07) is 17.8. The Morgan fingerprint density at radius 3 is 2.57 bits per heavy atom. The second kappa shape index (κ2) is 8.62. The average Bonchev–Trinajstić information content (AvgIpc) is 2.51. The summed E-state index contributed by atoms with van der Waals surface area (Å²) >= 11 is 5.40. The summed E-state index contributed by atoms with van der Waals surface area (Å²) in [6.07, 6.45) is 1.17. The summed E-state index contributed by atoms with van der Waals surface area (Å²) in [4.78, 5) is 1.32. The lowest BCUT2D eigenvalue weighted by Gasteiger charge is -2.14. The van der Waals surface area contributed by atoms with Crippen LogP contribution in [0.25, 0.3) is 0 Å². The first kappa shape index (κ1) is 16.6. The molecule has 0 aliphatic heterocycles. The van der Waals surface area contributed by atoms with Crippen molar-refractivity contribution in [1.82, 2.24) is 5.32 Å². The number of hydrogen-bond donors (Lipinski definition) is 1. The largest absolute Gasteiger partial charge is 0.310 e. The first-order valence-corrected chi connectivity index (χ1v) is 9.17. The van der Waals surface area contributed by atoms with Gasteiger partial charge in [-0.1, -0.05) is 47.1 Å². The van der Waals surface area contributed by atoms with Gasteiger partial charge in [0, 0.05) is 21.2 Å². The highest BCUT2D eigenvalue weighted by Crippen LogP contribution is 2.25. The number of nitrogens with one attached hydrogen (secondary N) is 1. The van der Waals surface area contributed by atoms with E-state index in [2.05, 4.69) is 83.6 Å². The third-order valence-corrected chi connectivity index (χ3v) is 4.95. The molecule has 0 aliphatic rings. The predicted octanol–water partition coefficient (Wildman–Crippen LogP) is 5.80. The quantitative estimate of drug-likeness (QED) is 0.623. The van der Waals surface area contributed by atoms with Gasteiger partial charge in [-0.25, -0.2) is 0 Å². The van der Waals surface area contributed by atoms with Crippen LogP contribution in [0.15, 0.2) is 57.9 Å². The predicted molar refractivity (Wildman–Crippen MR) is 96.9 cm³/mol. The zero-order valence-electron chi connectivity index (χ0n) is 12.6. The second-order valence-corrected chi connectivity index (χ2v) is 7.13. The van der Waals surface area contributed by atoms with Gasteiger partial charge in [0.15, 0.2) is 0 Å². The fourth-order valence-corrected chi connectivity index (χ4v) is 3.41. The SMILES string of the molecule is CCCNC(C)c1ccc(SCc2cccc(Br)c2)cc1. The first-order chi connectivity index (χ1) is 10.2. The molecule has 2 rings (SSSR count). The topological polar surface area (TPSA) is 12.0 Å². The van der Waals surface area contributed by atoms with Crippen LogP contribution in [0.2, 0.25) is 0 Å². The van der Waals surface area contributed by atoms with E-state index in [1.165, 1.54) is 22.4 Å². The molecule has 3 heteroatoms. The Hall–Kier alpha value is -0.770. The van der Waals surface area contributed by atoms with Crippen LogP contribution < -0.4 is 5.32 Å². The monoisotopic (exact) mass is 363 g/mol. The van der Waals surface area contributed by atoms with E-state index in [1.807, 2.05) is 11.8 Å². The normalized spacial score (nSPS) is 12.3. The smallest absolute Gasteiger partial charge is 0.0291 e. The lowest BCUT2D eigenvalue weighted by molar-refractivity contribution is 0.570. The van der Waals surface area contributed by atoms with Gasteiger partial charge in [0.1, 0.15) is 0 Å². The number of rotatable bonds is 7. The van der Waals surface area contributed by atoms with Crippen molar-refractivity contribution in [2.75, 3.05) is 6.54 Å². The molecule has 0 spiro atoms. The van der Waals surface area contributed by atoms with Gasteiger partial charge in [0.05, 0.1) is 0 Å².